The lowest BCUT2D eigenvalue weighted by molar-refractivity contribution is 0.0802. The molecule has 0 aromatic carbocycles. The molecule has 0 aliphatic rings. The second-order valence-electron chi connectivity index (χ2n) is 6.35. The van der Waals surface area contributed by atoms with Crippen molar-refractivity contribution >= 4 is 13.9 Å². The molecule has 7 heteroatoms. The Morgan fingerprint density at radius 1 is 1.23 bits per heavy atom. The van der Waals surface area contributed by atoms with Gasteiger partial charge >= 0.3 is 0 Å². The highest BCUT2D eigenvalue weighted by molar-refractivity contribution is 6.76. The van der Waals surface area contributed by atoms with Crippen LogP contribution in [0.5, 0.6) is 5.75 Å². The van der Waals surface area contributed by atoms with Gasteiger partial charge in [0.2, 0.25) is 0 Å². The van der Waals surface area contributed by atoms with Gasteiger partial charge in [-0.1, -0.05) is 19.6 Å². The molecule has 2 heterocycles. The summed E-state index contributed by atoms with van der Waals surface area (Å²) in [7, 11) is 0.500. The Morgan fingerprint density at radius 3 is 2.50 bits per heavy atom. The van der Waals surface area contributed by atoms with Crippen LogP contribution in [0.2, 0.25) is 25.7 Å². The average molecular weight is 320 g/mol. The minimum Gasteiger partial charge on any atom is -0.491 e. The smallest absolute Gasteiger partial charge is 0.188 e. The fourth-order valence-electron chi connectivity index (χ4n) is 1.99. The van der Waals surface area contributed by atoms with Crippen LogP contribution in [0.25, 0.3) is 11.3 Å². The number of methoxy groups -OCH3 is 1. The van der Waals surface area contributed by atoms with Crippen molar-refractivity contribution < 1.29 is 9.47 Å². The molecule has 0 atom stereocenters. The van der Waals surface area contributed by atoms with Crippen molar-refractivity contribution in [3.8, 4) is 17.0 Å². The van der Waals surface area contributed by atoms with E-state index in [9.17, 15) is 0 Å². The number of nitrogens with two attached hydrogens (primary N) is 1. The lowest BCUT2D eigenvalue weighted by atomic mass is 10.2. The largest absolute Gasteiger partial charge is 0.491 e. The number of ether oxygens (including phenoxy) is 2. The molecule has 0 unspecified atom stereocenters. The average Bonchev–Trinajstić information content (AvgIpc) is 2.80. The van der Waals surface area contributed by atoms with E-state index >= 15 is 0 Å². The third kappa shape index (κ3) is 4.08. The minimum absolute atomic E-state index is 0.331. The van der Waals surface area contributed by atoms with Crippen LogP contribution in [0.4, 0.5) is 5.82 Å². The van der Waals surface area contributed by atoms with Gasteiger partial charge in [-0.2, -0.15) is 5.10 Å². The molecule has 22 heavy (non-hydrogen) atoms. The maximum Gasteiger partial charge on any atom is 0.188 e. The van der Waals surface area contributed by atoms with E-state index in [0.29, 0.717) is 24.0 Å². The van der Waals surface area contributed by atoms with Crippen LogP contribution in [-0.2, 0) is 11.5 Å². The molecule has 2 rings (SSSR count). The Balaban J connectivity index is 2.11. The van der Waals surface area contributed by atoms with Crippen molar-refractivity contribution in [3.05, 3.63) is 24.5 Å². The van der Waals surface area contributed by atoms with E-state index in [-0.39, 0.29) is 0 Å². The maximum absolute atomic E-state index is 6.11. The molecule has 0 aliphatic carbocycles. The summed E-state index contributed by atoms with van der Waals surface area (Å²) in [4.78, 5) is 4.01. The minimum atomic E-state index is -1.09. The molecule has 120 valence electrons. The van der Waals surface area contributed by atoms with Gasteiger partial charge in [0, 0.05) is 32.6 Å². The van der Waals surface area contributed by atoms with Gasteiger partial charge in [0.05, 0.1) is 7.11 Å². The Bertz CT molecular complexity index is 608. The summed E-state index contributed by atoms with van der Waals surface area (Å²) < 4.78 is 12.7. The number of aromatic nitrogens is 3. The zero-order valence-corrected chi connectivity index (χ0v) is 14.7. The molecule has 2 N–H and O–H groups in total. The first-order valence-electron chi connectivity index (χ1n) is 7.31. The van der Waals surface area contributed by atoms with E-state index in [4.69, 9.17) is 15.2 Å². The predicted molar refractivity (Wildman–Crippen MR) is 90.5 cm³/mol. The lowest BCUT2D eigenvalue weighted by Crippen LogP contribution is -2.22. The summed E-state index contributed by atoms with van der Waals surface area (Å²) in [5.74, 6) is 1.04. The van der Waals surface area contributed by atoms with Crippen LogP contribution in [0.15, 0.2) is 24.5 Å². The lowest BCUT2D eigenvalue weighted by Gasteiger charge is -2.15. The van der Waals surface area contributed by atoms with Crippen LogP contribution >= 0.6 is 0 Å². The number of nitrogens with zero attached hydrogens (tertiary/aromatic N) is 3. The van der Waals surface area contributed by atoms with Crippen molar-refractivity contribution in [2.45, 2.75) is 32.4 Å². The molecule has 0 fully saturated rings. The van der Waals surface area contributed by atoms with Gasteiger partial charge < -0.3 is 15.2 Å². The fraction of sp³-hybridized carbons (Fsp3) is 0.467. The van der Waals surface area contributed by atoms with Gasteiger partial charge in [0.15, 0.2) is 11.6 Å². The second-order valence-corrected chi connectivity index (χ2v) is 12.0. The standard InChI is InChI=1S/C15H24N4O2Si/c1-20-14-13(12-5-7-17-8-6-12)18-19(15(14)16)11-21-9-10-22(2,3)4/h5-8H,9-11,16H2,1-4H3. The Kier molecular flexibility index (Phi) is 5.20. The van der Waals surface area contributed by atoms with Crippen molar-refractivity contribution in [2.24, 2.45) is 0 Å². The summed E-state index contributed by atoms with van der Waals surface area (Å²) in [6.07, 6.45) is 3.43. The van der Waals surface area contributed by atoms with Crippen LogP contribution in [0.3, 0.4) is 0 Å². The fourth-order valence-corrected chi connectivity index (χ4v) is 2.74. The van der Waals surface area contributed by atoms with Gasteiger partial charge in [-0.15, -0.1) is 0 Å². The third-order valence-corrected chi connectivity index (χ3v) is 5.02. The SMILES string of the molecule is COc1c(-c2ccncc2)nn(COCC[Si](C)(C)C)c1N. The monoisotopic (exact) mass is 320 g/mol. The summed E-state index contributed by atoms with van der Waals surface area (Å²) in [5, 5.41) is 4.51. The second kappa shape index (κ2) is 6.93. The molecule has 0 radical (unpaired) electrons. The Hall–Kier alpha value is -1.86. The summed E-state index contributed by atoms with van der Waals surface area (Å²) in [5.41, 5.74) is 7.73. The summed E-state index contributed by atoms with van der Waals surface area (Å²) in [6.45, 7) is 8.02. The molecule has 6 nitrogen and oxygen atoms in total. The number of pyridine rings is 1. The molecule has 0 amide bonds. The van der Waals surface area contributed by atoms with Gasteiger partial charge in [0.1, 0.15) is 12.4 Å². The zero-order chi connectivity index (χ0) is 16.2. The highest BCUT2D eigenvalue weighted by Gasteiger charge is 2.18. The highest BCUT2D eigenvalue weighted by Crippen LogP contribution is 2.33. The highest BCUT2D eigenvalue weighted by atomic mass is 28.3. The van der Waals surface area contributed by atoms with E-state index in [2.05, 4.69) is 29.7 Å². The van der Waals surface area contributed by atoms with Gasteiger partial charge in [-0.05, 0) is 18.2 Å². The summed E-state index contributed by atoms with van der Waals surface area (Å²) in [6, 6.07) is 4.86. The number of hydrogen-bond acceptors (Lipinski definition) is 5. The topological polar surface area (TPSA) is 75.2 Å². The quantitative estimate of drug-likeness (QED) is 0.627. The van der Waals surface area contributed by atoms with E-state index < -0.39 is 8.07 Å². The normalized spacial score (nSPS) is 11.6. The maximum atomic E-state index is 6.11. The van der Waals surface area contributed by atoms with Crippen LogP contribution in [0.1, 0.15) is 0 Å². The molecule has 2 aromatic rings. The number of hydrogen-bond donors (Lipinski definition) is 1. The molecular weight excluding hydrogens is 296 g/mol. The molecule has 0 spiro atoms. The van der Waals surface area contributed by atoms with Gasteiger partial charge in [0.25, 0.3) is 0 Å². The first kappa shape index (κ1) is 16.5. The van der Waals surface area contributed by atoms with E-state index in [1.165, 1.54) is 0 Å². The predicted octanol–water partition coefficient (Wildman–Crippen LogP) is 2.85. The van der Waals surface area contributed by atoms with E-state index in [1.54, 1.807) is 24.2 Å². The van der Waals surface area contributed by atoms with Crippen LogP contribution in [0, 0.1) is 0 Å². The third-order valence-electron chi connectivity index (χ3n) is 3.31. The number of anilines is 1. The molecular formula is C15H24N4O2Si. The van der Waals surface area contributed by atoms with Gasteiger partial charge in [-0.25, -0.2) is 4.68 Å². The van der Waals surface area contributed by atoms with Crippen molar-refractivity contribution in [1.82, 2.24) is 14.8 Å². The first-order chi connectivity index (χ1) is 10.4. The zero-order valence-electron chi connectivity index (χ0n) is 13.7. The number of rotatable bonds is 7. The van der Waals surface area contributed by atoms with Crippen molar-refractivity contribution in [3.63, 3.8) is 0 Å². The Morgan fingerprint density at radius 2 is 1.91 bits per heavy atom. The molecule has 0 saturated carbocycles. The van der Waals surface area contributed by atoms with Crippen molar-refractivity contribution in [1.29, 1.82) is 0 Å². The van der Waals surface area contributed by atoms with Crippen LogP contribution in [-0.4, -0.2) is 36.6 Å². The van der Waals surface area contributed by atoms with E-state index in [1.807, 2.05) is 12.1 Å². The van der Waals surface area contributed by atoms with Gasteiger partial charge in [-0.3, -0.25) is 4.98 Å². The molecule has 0 bridgehead atoms. The first-order valence-corrected chi connectivity index (χ1v) is 11.0. The van der Waals surface area contributed by atoms with E-state index in [0.717, 1.165) is 18.2 Å². The molecule has 0 saturated heterocycles. The van der Waals surface area contributed by atoms with Crippen molar-refractivity contribution in [2.75, 3.05) is 19.5 Å². The Labute approximate surface area is 132 Å². The molecule has 0 aliphatic heterocycles. The molecule has 2 aromatic heterocycles. The summed E-state index contributed by atoms with van der Waals surface area (Å²) >= 11 is 0. The number of nitrogen functional groups attached to an aromatic ring is 1. The van der Waals surface area contributed by atoms with Crippen LogP contribution < -0.4 is 10.5 Å².